The molecule has 0 aliphatic heterocycles. The fourth-order valence-electron chi connectivity index (χ4n) is 4.34. The van der Waals surface area contributed by atoms with E-state index in [-0.39, 0.29) is 17.3 Å². The zero-order valence-corrected chi connectivity index (χ0v) is 15.2. The van der Waals surface area contributed by atoms with Crippen molar-refractivity contribution in [3.05, 3.63) is 40.2 Å². The zero-order chi connectivity index (χ0) is 17.9. The number of fused-ring (bicyclic) bond motifs is 1. The first-order valence-electron chi connectivity index (χ1n) is 10.0. The Morgan fingerprint density at radius 2 is 1.62 bits per heavy atom. The first-order valence-corrected chi connectivity index (χ1v) is 10.0. The standard InChI is InChI=1S/C22H26O4/c23-19-14-20(15-7-3-1-4-8-15)26-21-13-17(11-12-18(19)21)25-22(24)16-9-5-2-6-10-16/h11-16H,1-10H2. The van der Waals surface area contributed by atoms with Gasteiger partial charge in [0.1, 0.15) is 17.1 Å². The van der Waals surface area contributed by atoms with E-state index in [2.05, 4.69) is 0 Å². The summed E-state index contributed by atoms with van der Waals surface area (Å²) in [7, 11) is 0. The summed E-state index contributed by atoms with van der Waals surface area (Å²) in [6.07, 6.45) is 11.0. The van der Waals surface area contributed by atoms with E-state index < -0.39 is 0 Å². The van der Waals surface area contributed by atoms with Gasteiger partial charge in [-0.3, -0.25) is 9.59 Å². The molecule has 138 valence electrons. The minimum Gasteiger partial charge on any atom is -0.460 e. The molecule has 2 aliphatic rings. The second-order valence-electron chi connectivity index (χ2n) is 7.76. The SMILES string of the molecule is O=C(Oc1ccc2c(=O)cc(C3CCCCC3)oc2c1)C1CCCCC1. The smallest absolute Gasteiger partial charge is 0.314 e. The van der Waals surface area contributed by atoms with E-state index in [0.717, 1.165) is 44.3 Å². The molecule has 0 radical (unpaired) electrons. The quantitative estimate of drug-likeness (QED) is 0.552. The van der Waals surface area contributed by atoms with E-state index in [4.69, 9.17) is 9.15 Å². The van der Waals surface area contributed by atoms with Crippen molar-refractivity contribution in [3.63, 3.8) is 0 Å². The van der Waals surface area contributed by atoms with Gasteiger partial charge in [-0.25, -0.2) is 0 Å². The van der Waals surface area contributed by atoms with Crippen molar-refractivity contribution in [2.45, 2.75) is 70.1 Å². The third kappa shape index (κ3) is 3.69. The van der Waals surface area contributed by atoms with Crippen molar-refractivity contribution < 1.29 is 13.9 Å². The molecule has 2 aromatic rings. The van der Waals surface area contributed by atoms with Crippen molar-refractivity contribution in [2.75, 3.05) is 0 Å². The molecule has 0 saturated heterocycles. The Morgan fingerprint density at radius 1 is 0.923 bits per heavy atom. The van der Waals surface area contributed by atoms with Crippen molar-refractivity contribution in [1.82, 2.24) is 0 Å². The molecule has 0 unspecified atom stereocenters. The van der Waals surface area contributed by atoms with Gasteiger partial charge < -0.3 is 9.15 Å². The molecule has 2 fully saturated rings. The molecule has 0 spiro atoms. The van der Waals surface area contributed by atoms with Crippen LogP contribution in [-0.4, -0.2) is 5.97 Å². The molecule has 26 heavy (non-hydrogen) atoms. The van der Waals surface area contributed by atoms with Crippen LogP contribution in [0.5, 0.6) is 5.75 Å². The molecule has 0 bridgehead atoms. The highest BCUT2D eigenvalue weighted by atomic mass is 16.5. The molecule has 2 aliphatic carbocycles. The van der Waals surface area contributed by atoms with Gasteiger partial charge in [0.25, 0.3) is 0 Å². The van der Waals surface area contributed by atoms with Gasteiger partial charge in [0.2, 0.25) is 0 Å². The Hall–Kier alpha value is -2.10. The summed E-state index contributed by atoms with van der Waals surface area (Å²) in [6.45, 7) is 0. The molecule has 0 N–H and O–H groups in total. The first kappa shape index (κ1) is 17.3. The largest absolute Gasteiger partial charge is 0.460 e. The topological polar surface area (TPSA) is 56.5 Å². The van der Waals surface area contributed by atoms with E-state index >= 15 is 0 Å². The molecule has 1 heterocycles. The Morgan fingerprint density at radius 3 is 2.35 bits per heavy atom. The Balaban J connectivity index is 1.58. The van der Waals surface area contributed by atoms with Gasteiger partial charge in [0.15, 0.2) is 5.43 Å². The molecule has 0 amide bonds. The van der Waals surface area contributed by atoms with Crippen LogP contribution in [0.2, 0.25) is 0 Å². The van der Waals surface area contributed by atoms with E-state index in [1.807, 2.05) is 0 Å². The zero-order valence-electron chi connectivity index (χ0n) is 15.2. The van der Waals surface area contributed by atoms with Gasteiger partial charge in [-0.2, -0.15) is 0 Å². The van der Waals surface area contributed by atoms with Crippen molar-refractivity contribution in [3.8, 4) is 5.75 Å². The molecule has 4 heteroatoms. The monoisotopic (exact) mass is 354 g/mol. The second-order valence-corrected chi connectivity index (χ2v) is 7.76. The van der Waals surface area contributed by atoms with Crippen LogP contribution < -0.4 is 10.2 Å². The van der Waals surface area contributed by atoms with E-state index in [1.165, 1.54) is 25.7 Å². The maximum Gasteiger partial charge on any atom is 0.314 e. The number of benzene rings is 1. The second kappa shape index (κ2) is 7.65. The van der Waals surface area contributed by atoms with Crippen molar-refractivity contribution in [2.24, 2.45) is 5.92 Å². The highest BCUT2D eigenvalue weighted by Gasteiger charge is 2.23. The third-order valence-corrected chi connectivity index (χ3v) is 5.88. The third-order valence-electron chi connectivity index (χ3n) is 5.88. The Labute approximate surface area is 153 Å². The molecular formula is C22H26O4. The molecule has 4 rings (SSSR count). The first-order chi connectivity index (χ1) is 12.7. The number of ether oxygens (including phenoxy) is 1. The fourth-order valence-corrected chi connectivity index (χ4v) is 4.34. The average Bonchev–Trinajstić information content (AvgIpc) is 2.69. The molecule has 0 atom stereocenters. The van der Waals surface area contributed by atoms with Crippen LogP contribution in [0.3, 0.4) is 0 Å². The van der Waals surface area contributed by atoms with Crippen LogP contribution >= 0.6 is 0 Å². The van der Waals surface area contributed by atoms with Crippen LogP contribution in [0.25, 0.3) is 11.0 Å². The highest BCUT2D eigenvalue weighted by molar-refractivity contribution is 5.80. The van der Waals surface area contributed by atoms with Gasteiger partial charge in [0, 0.05) is 18.1 Å². The summed E-state index contributed by atoms with van der Waals surface area (Å²) in [4.78, 5) is 24.8. The fraction of sp³-hybridized carbons (Fsp3) is 0.545. The number of carbonyl (C=O) groups is 1. The van der Waals surface area contributed by atoms with Crippen LogP contribution in [0, 0.1) is 5.92 Å². The summed E-state index contributed by atoms with van der Waals surface area (Å²) < 4.78 is 11.6. The summed E-state index contributed by atoms with van der Waals surface area (Å²) in [6, 6.07) is 6.74. The maximum absolute atomic E-state index is 12.5. The highest BCUT2D eigenvalue weighted by Crippen LogP contribution is 2.34. The average molecular weight is 354 g/mol. The minimum absolute atomic E-state index is 0.0000262. The lowest BCUT2D eigenvalue weighted by Gasteiger charge is -2.21. The Bertz CT molecular complexity index is 839. The molecule has 1 aromatic carbocycles. The summed E-state index contributed by atoms with van der Waals surface area (Å²) in [5.41, 5.74) is 0.504. The molecule has 2 saturated carbocycles. The van der Waals surface area contributed by atoms with Crippen molar-refractivity contribution >= 4 is 16.9 Å². The molecule has 4 nitrogen and oxygen atoms in total. The van der Waals surface area contributed by atoms with Gasteiger partial charge in [-0.1, -0.05) is 38.5 Å². The van der Waals surface area contributed by atoms with Gasteiger partial charge in [0.05, 0.1) is 11.3 Å². The number of hydrogen-bond donors (Lipinski definition) is 0. The van der Waals surface area contributed by atoms with Crippen LogP contribution in [-0.2, 0) is 4.79 Å². The maximum atomic E-state index is 12.5. The number of hydrogen-bond acceptors (Lipinski definition) is 4. The van der Waals surface area contributed by atoms with E-state index in [1.54, 1.807) is 24.3 Å². The normalized spacial score (nSPS) is 19.5. The summed E-state index contributed by atoms with van der Waals surface area (Å²) in [5, 5.41) is 0.544. The van der Waals surface area contributed by atoms with Gasteiger partial charge in [-0.05, 0) is 37.8 Å². The number of rotatable bonds is 3. The Kier molecular flexibility index (Phi) is 5.09. The van der Waals surface area contributed by atoms with Gasteiger partial charge >= 0.3 is 5.97 Å². The number of esters is 1. The van der Waals surface area contributed by atoms with Crippen LogP contribution in [0.4, 0.5) is 0 Å². The van der Waals surface area contributed by atoms with Crippen LogP contribution in [0.15, 0.2) is 33.5 Å². The summed E-state index contributed by atoms with van der Waals surface area (Å²) >= 11 is 0. The van der Waals surface area contributed by atoms with E-state index in [0.29, 0.717) is 22.6 Å². The number of carbonyl (C=O) groups excluding carboxylic acids is 1. The van der Waals surface area contributed by atoms with Crippen LogP contribution in [0.1, 0.15) is 75.9 Å². The minimum atomic E-state index is -0.158. The predicted octanol–water partition coefficient (Wildman–Crippen LogP) is 5.33. The van der Waals surface area contributed by atoms with E-state index in [9.17, 15) is 9.59 Å². The van der Waals surface area contributed by atoms with Gasteiger partial charge in [-0.15, -0.1) is 0 Å². The lowest BCUT2D eigenvalue weighted by molar-refractivity contribution is -0.139. The summed E-state index contributed by atoms with van der Waals surface area (Å²) in [5.74, 6) is 1.42. The predicted molar refractivity (Wildman–Crippen MR) is 101 cm³/mol. The lowest BCUT2D eigenvalue weighted by atomic mass is 9.87. The lowest BCUT2D eigenvalue weighted by Crippen LogP contribution is -2.22. The molecular weight excluding hydrogens is 328 g/mol. The van der Waals surface area contributed by atoms with Crippen molar-refractivity contribution in [1.29, 1.82) is 0 Å². The molecule has 1 aromatic heterocycles.